The van der Waals surface area contributed by atoms with Gasteiger partial charge in [0.2, 0.25) is 0 Å². The van der Waals surface area contributed by atoms with E-state index in [1.807, 2.05) is 79.1 Å². The van der Waals surface area contributed by atoms with Crippen molar-refractivity contribution in [2.45, 2.75) is 0 Å². The summed E-state index contributed by atoms with van der Waals surface area (Å²) in [6, 6.07) is 21.5. The molecular formula is C24H20N4O. The molecule has 0 radical (unpaired) electrons. The van der Waals surface area contributed by atoms with E-state index in [0.29, 0.717) is 5.56 Å². The number of hydrogen-bond donors (Lipinski definition) is 3. The molecular weight excluding hydrogens is 360 g/mol. The van der Waals surface area contributed by atoms with E-state index < -0.39 is 0 Å². The van der Waals surface area contributed by atoms with Gasteiger partial charge in [0, 0.05) is 63.7 Å². The van der Waals surface area contributed by atoms with Crippen molar-refractivity contribution in [2.24, 2.45) is 0 Å². The number of aromatic amines is 2. The Hall–Kier alpha value is -3.99. The fraction of sp³-hybridized carbons (Fsp3) is 0.0417. The lowest BCUT2D eigenvalue weighted by Gasteiger charge is -2.18. The van der Waals surface area contributed by atoms with Crippen LogP contribution in [0.2, 0.25) is 0 Å². The van der Waals surface area contributed by atoms with E-state index in [1.54, 1.807) is 11.9 Å². The SMILES string of the molecule is CN(C(=O)c1ccc2[nH]ccc2c1)c1ccc2c(-c3ccc(N)cc3)c[nH]c2c1. The molecule has 0 saturated carbocycles. The number of nitrogens with two attached hydrogens (primary N) is 1. The van der Waals surface area contributed by atoms with Gasteiger partial charge in [0.15, 0.2) is 0 Å². The Morgan fingerprint density at radius 1 is 0.897 bits per heavy atom. The van der Waals surface area contributed by atoms with Crippen LogP contribution in [0.4, 0.5) is 11.4 Å². The highest BCUT2D eigenvalue weighted by molar-refractivity contribution is 6.08. The van der Waals surface area contributed by atoms with Crippen molar-refractivity contribution in [3.63, 3.8) is 0 Å². The van der Waals surface area contributed by atoms with Gasteiger partial charge >= 0.3 is 0 Å². The van der Waals surface area contributed by atoms with E-state index in [2.05, 4.69) is 9.97 Å². The third kappa shape index (κ3) is 2.93. The number of aromatic nitrogens is 2. The molecule has 3 aromatic carbocycles. The van der Waals surface area contributed by atoms with Crippen LogP contribution in [0.3, 0.4) is 0 Å². The average Bonchev–Trinajstić information content (AvgIpc) is 3.39. The number of fused-ring (bicyclic) bond motifs is 2. The smallest absolute Gasteiger partial charge is 0.258 e. The van der Waals surface area contributed by atoms with Crippen LogP contribution in [0.15, 0.2) is 79.1 Å². The highest BCUT2D eigenvalue weighted by Crippen LogP contribution is 2.31. The Kier molecular flexibility index (Phi) is 3.88. The zero-order valence-electron chi connectivity index (χ0n) is 15.9. The molecule has 5 aromatic rings. The number of nitrogens with zero attached hydrogens (tertiary/aromatic N) is 1. The first-order valence-electron chi connectivity index (χ1n) is 9.42. The maximum atomic E-state index is 13.0. The lowest BCUT2D eigenvalue weighted by Crippen LogP contribution is -2.26. The van der Waals surface area contributed by atoms with Crippen LogP contribution in [-0.4, -0.2) is 22.9 Å². The third-order valence-corrected chi connectivity index (χ3v) is 5.38. The van der Waals surface area contributed by atoms with Crippen LogP contribution in [0.5, 0.6) is 0 Å². The standard InChI is InChI=1S/C24H20N4O/c1-28(24(29)17-4-9-22-16(12-17)10-11-26-22)19-7-8-20-21(14-27-23(20)13-19)15-2-5-18(25)6-3-15/h2-14,26-27H,25H2,1H3. The first-order chi connectivity index (χ1) is 14.1. The quantitative estimate of drug-likeness (QED) is 0.377. The molecule has 1 amide bonds. The molecule has 2 aromatic heterocycles. The van der Waals surface area contributed by atoms with Gasteiger partial charge in [-0.1, -0.05) is 18.2 Å². The predicted molar refractivity (Wildman–Crippen MR) is 119 cm³/mol. The van der Waals surface area contributed by atoms with Crippen LogP contribution in [0, 0.1) is 0 Å². The van der Waals surface area contributed by atoms with Gasteiger partial charge < -0.3 is 20.6 Å². The largest absolute Gasteiger partial charge is 0.399 e. The van der Waals surface area contributed by atoms with E-state index in [4.69, 9.17) is 5.73 Å². The second-order valence-corrected chi connectivity index (χ2v) is 7.20. The van der Waals surface area contributed by atoms with Gasteiger partial charge in [-0.15, -0.1) is 0 Å². The number of rotatable bonds is 3. The number of amides is 1. The Bertz CT molecular complexity index is 1340. The summed E-state index contributed by atoms with van der Waals surface area (Å²) in [5.74, 6) is -0.0437. The number of anilines is 2. The molecule has 2 heterocycles. The zero-order chi connectivity index (χ0) is 20.0. The van der Waals surface area contributed by atoms with E-state index >= 15 is 0 Å². The molecule has 0 unspecified atom stereocenters. The fourth-order valence-corrected chi connectivity index (χ4v) is 3.72. The van der Waals surface area contributed by atoms with Crippen molar-refractivity contribution in [3.05, 3.63) is 84.7 Å². The molecule has 29 heavy (non-hydrogen) atoms. The number of benzene rings is 3. The monoisotopic (exact) mass is 380 g/mol. The number of nitrogen functional groups attached to an aromatic ring is 1. The Balaban J connectivity index is 1.48. The van der Waals surface area contributed by atoms with Gasteiger partial charge in [-0.2, -0.15) is 0 Å². The van der Waals surface area contributed by atoms with Crippen LogP contribution >= 0.6 is 0 Å². The molecule has 0 aliphatic heterocycles. The van der Waals surface area contributed by atoms with Gasteiger partial charge in [0.05, 0.1) is 0 Å². The summed E-state index contributed by atoms with van der Waals surface area (Å²) < 4.78 is 0. The van der Waals surface area contributed by atoms with Crippen molar-refractivity contribution in [2.75, 3.05) is 17.7 Å². The summed E-state index contributed by atoms with van der Waals surface area (Å²) >= 11 is 0. The lowest BCUT2D eigenvalue weighted by atomic mass is 10.0. The molecule has 5 rings (SSSR count). The molecule has 4 N–H and O–H groups in total. The lowest BCUT2D eigenvalue weighted by molar-refractivity contribution is 0.0993. The zero-order valence-corrected chi connectivity index (χ0v) is 15.9. The van der Waals surface area contributed by atoms with Gasteiger partial charge in [-0.05, 0) is 54.1 Å². The second kappa shape index (κ2) is 6.56. The molecule has 142 valence electrons. The number of H-pyrrole nitrogens is 2. The number of nitrogens with one attached hydrogen (secondary N) is 2. The van der Waals surface area contributed by atoms with Crippen LogP contribution < -0.4 is 10.6 Å². The molecule has 0 aliphatic rings. The number of carbonyl (C=O) groups is 1. The summed E-state index contributed by atoms with van der Waals surface area (Å²) in [5.41, 5.74) is 12.3. The van der Waals surface area contributed by atoms with Crippen molar-refractivity contribution in [1.29, 1.82) is 0 Å². The maximum absolute atomic E-state index is 13.0. The van der Waals surface area contributed by atoms with Gasteiger partial charge in [-0.25, -0.2) is 0 Å². The molecule has 0 fully saturated rings. The van der Waals surface area contributed by atoms with E-state index in [-0.39, 0.29) is 5.91 Å². The summed E-state index contributed by atoms with van der Waals surface area (Å²) in [6.07, 6.45) is 3.86. The minimum atomic E-state index is -0.0437. The average molecular weight is 380 g/mol. The summed E-state index contributed by atoms with van der Waals surface area (Å²) in [6.45, 7) is 0. The van der Waals surface area contributed by atoms with E-state index in [9.17, 15) is 4.79 Å². The van der Waals surface area contributed by atoms with Crippen LogP contribution in [0.25, 0.3) is 32.9 Å². The number of carbonyl (C=O) groups excluding carboxylic acids is 1. The number of hydrogen-bond acceptors (Lipinski definition) is 2. The van der Waals surface area contributed by atoms with Gasteiger partial charge in [0.25, 0.3) is 5.91 Å². The highest BCUT2D eigenvalue weighted by Gasteiger charge is 2.16. The minimum absolute atomic E-state index is 0.0437. The van der Waals surface area contributed by atoms with Crippen molar-refractivity contribution in [1.82, 2.24) is 9.97 Å². The molecule has 0 atom stereocenters. The molecule has 0 saturated heterocycles. The van der Waals surface area contributed by atoms with E-state index in [1.165, 1.54) is 0 Å². The van der Waals surface area contributed by atoms with Crippen molar-refractivity contribution in [3.8, 4) is 11.1 Å². The molecule has 0 bridgehead atoms. The summed E-state index contributed by atoms with van der Waals surface area (Å²) in [7, 11) is 1.80. The third-order valence-electron chi connectivity index (χ3n) is 5.38. The Morgan fingerprint density at radius 2 is 1.72 bits per heavy atom. The highest BCUT2D eigenvalue weighted by atomic mass is 16.2. The molecule has 0 spiro atoms. The fourth-order valence-electron chi connectivity index (χ4n) is 3.72. The normalized spacial score (nSPS) is 11.2. The van der Waals surface area contributed by atoms with E-state index in [0.717, 1.165) is 44.3 Å². The second-order valence-electron chi connectivity index (χ2n) is 7.20. The topological polar surface area (TPSA) is 77.9 Å². The molecule has 5 heteroatoms. The minimum Gasteiger partial charge on any atom is -0.399 e. The van der Waals surface area contributed by atoms with Crippen LogP contribution in [0.1, 0.15) is 10.4 Å². The van der Waals surface area contributed by atoms with Gasteiger partial charge in [0.1, 0.15) is 0 Å². The molecule has 5 nitrogen and oxygen atoms in total. The summed E-state index contributed by atoms with van der Waals surface area (Å²) in [5, 5.41) is 2.13. The summed E-state index contributed by atoms with van der Waals surface area (Å²) in [4.78, 5) is 21.1. The van der Waals surface area contributed by atoms with Crippen molar-refractivity contribution < 1.29 is 4.79 Å². The Labute approximate surface area is 167 Å². The van der Waals surface area contributed by atoms with Crippen molar-refractivity contribution >= 4 is 39.1 Å². The van der Waals surface area contributed by atoms with Crippen LogP contribution in [-0.2, 0) is 0 Å². The van der Waals surface area contributed by atoms with Gasteiger partial charge in [-0.3, -0.25) is 4.79 Å². The first kappa shape index (κ1) is 17.1. The maximum Gasteiger partial charge on any atom is 0.258 e. The predicted octanol–water partition coefficient (Wildman–Crippen LogP) is 5.18. The first-order valence-corrected chi connectivity index (χ1v) is 9.42. The Morgan fingerprint density at radius 3 is 2.55 bits per heavy atom. The molecule has 0 aliphatic carbocycles.